The van der Waals surface area contributed by atoms with Crippen molar-refractivity contribution < 1.29 is 9.18 Å². The molecule has 0 unspecified atom stereocenters. The van der Waals surface area contributed by atoms with Crippen molar-refractivity contribution in [3.63, 3.8) is 0 Å². The number of aromatic nitrogens is 5. The third-order valence-electron chi connectivity index (χ3n) is 5.89. The van der Waals surface area contributed by atoms with E-state index in [9.17, 15) is 9.18 Å². The highest BCUT2D eigenvalue weighted by molar-refractivity contribution is 6.08. The van der Waals surface area contributed by atoms with E-state index in [-0.39, 0.29) is 5.82 Å². The molecule has 0 radical (unpaired) electrons. The second-order valence-corrected chi connectivity index (χ2v) is 8.24. The summed E-state index contributed by atoms with van der Waals surface area (Å²) in [5, 5.41) is 4.31. The van der Waals surface area contributed by atoms with Gasteiger partial charge in [0.2, 0.25) is 0 Å². The van der Waals surface area contributed by atoms with Gasteiger partial charge < -0.3 is 10.6 Å². The maximum Gasteiger partial charge on any atom is 0.180 e. The zero-order chi connectivity index (χ0) is 25.3. The molecule has 184 valence electrons. The Kier molecular flexibility index (Phi) is 8.20. The molecule has 1 aliphatic heterocycles. The molecule has 0 aliphatic carbocycles. The molecular formula is C26H27FN8O. The van der Waals surface area contributed by atoms with Crippen molar-refractivity contribution in [1.82, 2.24) is 29.5 Å². The molecule has 4 aromatic rings. The molecule has 2 N–H and O–H groups in total. The molecule has 1 fully saturated rings. The van der Waals surface area contributed by atoms with Crippen molar-refractivity contribution in [2.45, 2.75) is 18.9 Å². The number of halogens is 1. The summed E-state index contributed by atoms with van der Waals surface area (Å²) in [6, 6.07) is 10.7. The summed E-state index contributed by atoms with van der Waals surface area (Å²) < 4.78 is 14.4. The normalized spacial score (nSPS) is 16.3. The lowest BCUT2D eigenvalue weighted by molar-refractivity contribution is 0.112. The summed E-state index contributed by atoms with van der Waals surface area (Å²) >= 11 is 0. The summed E-state index contributed by atoms with van der Waals surface area (Å²) in [6.45, 7) is 1.90. The summed E-state index contributed by atoms with van der Waals surface area (Å²) in [5.74, 6) is 0.0999. The number of likely N-dealkylation sites (tertiary alicyclic amines) is 1. The van der Waals surface area contributed by atoms with Crippen LogP contribution in [-0.2, 0) is 0 Å². The van der Waals surface area contributed by atoms with Gasteiger partial charge in [-0.25, -0.2) is 18.9 Å². The topological polar surface area (TPSA) is 115 Å². The number of likely N-dealkylation sites (N-methyl/N-ethyl adjacent to an activating group) is 1. The predicted octanol–water partition coefficient (Wildman–Crippen LogP) is 3.29. The second-order valence-electron chi connectivity index (χ2n) is 8.24. The van der Waals surface area contributed by atoms with E-state index in [0.29, 0.717) is 34.4 Å². The lowest BCUT2D eigenvalue weighted by Crippen LogP contribution is -2.27. The van der Waals surface area contributed by atoms with Crippen LogP contribution in [0.2, 0.25) is 0 Å². The fourth-order valence-corrected chi connectivity index (χ4v) is 3.94. The molecule has 0 amide bonds. The standard InChI is InChI=1S/C14H19FN4.C12H8N4O/c1-19-6-2-3-13(19)10-17-8-11(7-16)14-5-4-12(15)9-18-14;17-8-9-10-4-1-2-7-16(10)15-11(9)12-13-5-3-6-14-12/h4-5,7-9,13H,2-3,6,10,16H2,1H3;1-8H/b11-7+,17-8?;/t13-;/m0./s1. The maximum atomic E-state index is 12.8. The molecule has 5 heterocycles. The van der Waals surface area contributed by atoms with Gasteiger partial charge in [-0.2, -0.15) is 5.10 Å². The van der Waals surface area contributed by atoms with Crippen molar-refractivity contribution in [3.05, 3.63) is 84.5 Å². The molecule has 5 rings (SSSR count). The smallest absolute Gasteiger partial charge is 0.180 e. The molecular weight excluding hydrogens is 459 g/mol. The van der Waals surface area contributed by atoms with E-state index in [1.807, 2.05) is 18.2 Å². The molecule has 36 heavy (non-hydrogen) atoms. The molecule has 0 saturated carbocycles. The third kappa shape index (κ3) is 5.84. The van der Waals surface area contributed by atoms with Gasteiger partial charge in [-0.1, -0.05) is 6.07 Å². The van der Waals surface area contributed by atoms with Crippen LogP contribution in [0.15, 0.2) is 72.4 Å². The van der Waals surface area contributed by atoms with Gasteiger partial charge in [0.25, 0.3) is 0 Å². The first-order valence-electron chi connectivity index (χ1n) is 11.5. The Morgan fingerprint density at radius 1 is 1.19 bits per heavy atom. The number of allylic oxidation sites excluding steroid dienone is 1. The quantitative estimate of drug-likeness (QED) is 0.328. The van der Waals surface area contributed by atoms with Crippen LogP contribution in [0.4, 0.5) is 4.39 Å². The van der Waals surface area contributed by atoms with Gasteiger partial charge >= 0.3 is 0 Å². The molecule has 9 nitrogen and oxygen atoms in total. The minimum absolute atomic E-state index is 0.357. The largest absolute Gasteiger partial charge is 0.404 e. The van der Waals surface area contributed by atoms with Crippen LogP contribution in [0.5, 0.6) is 0 Å². The minimum Gasteiger partial charge on any atom is -0.404 e. The van der Waals surface area contributed by atoms with Crippen molar-refractivity contribution in [3.8, 4) is 11.5 Å². The highest BCUT2D eigenvalue weighted by Crippen LogP contribution is 2.21. The number of nitrogens with zero attached hydrogens (tertiary/aromatic N) is 7. The Morgan fingerprint density at radius 2 is 2.03 bits per heavy atom. The highest BCUT2D eigenvalue weighted by Gasteiger charge is 2.19. The Labute approximate surface area is 208 Å². The van der Waals surface area contributed by atoms with Gasteiger partial charge in [0.1, 0.15) is 11.5 Å². The van der Waals surface area contributed by atoms with E-state index in [1.165, 1.54) is 31.3 Å². The molecule has 10 heteroatoms. The van der Waals surface area contributed by atoms with E-state index in [1.54, 1.807) is 41.5 Å². The number of hydrogen-bond donors (Lipinski definition) is 1. The number of pyridine rings is 2. The number of hydrogen-bond acceptors (Lipinski definition) is 8. The second kappa shape index (κ2) is 11.9. The molecule has 0 bridgehead atoms. The van der Waals surface area contributed by atoms with Gasteiger partial charge in [0.15, 0.2) is 12.1 Å². The number of aliphatic imine (C=N–C) groups is 1. The Balaban J connectivity index is 0.000000170. The first kappa shape index (κ1) is 24.8. The van der Waals surface area contributed by atoms with E-state index >= 15 is 0 Å². The van der Waals surface area contributed by atoms with E-state index in [2.05, 4.69) is 37.0 Å². The highest BCUT2D eigenvalue weighted by atomic mass is 19.1. The summed E-state index contributed by atoms with van der Waals surface area (Å²) in [4.78, 5) is 30.1. The maximum absolute atomic E-state index is 12.8. The SMILES string of the molecule is CN1CCC[C@H]1CN=C/C(=C\N)c1ccc(F)cn1.O=Cc1c(-c2ncccn2)nn2ccccc12. The summed E-state index contributed by atoms with van der Waals surface area (Å²) in [5.41, 5.74) is 8.68. The molecule has 1 aliphatic rings. The van der Waals surface area contributed by atoms with Crippen LogP contribution in [0.1, 0.15) is 28.9 Å². The molecule has 0 aromatic carbocycles. The fraction of sp³-hybridized carbons (Fsp3) is 0.231. The van der Waals surface area contributed by atoms with Crippen molar-refractivity contribution in [2.75, 3.05) is 20.1 Å². The molecule has 0 spiro atoms. The number of carbonyl (C=O) groups is 1. The van der Waals surface area contributed by atoms with Crippen LogP contribution < -0.4 is 5.73 Å². The van der Waals surface area contributed by atoms with Crippen molar-refractivity contribution in [2.24, 2.45) is 10.7 Å². The van der Waals surface area contributed by atoms with Crippen molar-refractivity contribution >= 4 is 23.6 Å². The van der Waals surface area contributed by atoms with Gasteiger partial charge in [0.05, 0.1) is 29.5 Å². The van der Waals surface area contributed by atoms with Crippen LogP contribution in [0.25, 0.3) is 22.6 Å². The third-order valence-corrected chi connectivity index (χ3v) is 5.89. The average Bonchev–Trinajstić information content (AvgIpc) is 3.51. The van der Waals surface area contributed by atoms with Crippen LogP contribution in [-0.4, -0.2) is 68.1 Å². The molecule has 1 atom stereocenters. The summed E-state index contributed by atoms with van der Waals surface area (Å²) in [7, 11) is 2.12. The van der Waals surface area contributed by atoms with Gasteiger partial charge in [-0.15, -0.1) is 0 Å². The van der Waals surface area contributed by atoms with Gasteiger partial charge in [-0.3, -0.25) is 14.8 Å². The molecule has 1 saturated heterocycles. The zero-order valence-electron chi connectivity index (χ0n) is 19.9. The van der Waals surface area contributed by atoms with E-state index in [4.69, 9.17) is 5.73 Å². The van der Waals surface area contributed by atoms with E-state index < -0.39 is 0 Å². The lowest BCUT2D eigenvalue weighted by atomic mass is 10.2. The van der Waals surface area contributed by atoms with Crippen LogP contribution in [0, 0.1) is 5.82 Å². The lowest BCUT2D eigenvalue weighted by Gasteiger charge is -2.16. The fourth-order valence-electron chi connectivity index (χ4n) is 3.94. The van der Waals surface area contributed by atoms with Gasteiger partial charge in [-0.05, 0) is 56.8 Å². The summed E-state index contributed by atoms with van der Waals surface area (Å²) in [6.07, 6.45) is 12.6. The monoisotopic (exact) mass is 486 g/mol. The molecule has 4 aromatic heterocycles. The van der Waals surface area contributed by atoms with Crippen LogP contribution in [0.3, 0.4) is 0 Å². The number of nitrogens with two attached hydrogens (primary N) is 1. The van der Waals surface area contributed by atoms with E-state index in [0.717, 1.165) is 24.9 Å². The van der Waals surface area contributed by atoms with Crippen LogP contribution >= 0.6 is 0 Å². The number of carbonyl (C=O) groups excluding carboxylic acids is 1. The number of aldehydes is 1. The first-order chi connectivity index (χ1) is 17.6. The number of rotatable bonds is 6. The zero-order valence-corrected chi connectivity index (χ0v) is 19.9. The Morgan fingerprint density at radius 3 is 2.69 bits per heavy atom. The number of fused-ring (bicyclic) bond motifs is 1. The first-order valence-corrected chi connectivity index (χ1v) is 11.5. The Hall–Kier alpha value is -4.31. The minimum atomic E-state index is -0.357. The van der Waals surface area contributed by atoms with Crippen molar-refractivity contribution in [1.29, 1.82) is 0 Å². The van der Waals surface area contributed by atoms with Gasteiger partial charge in [0, 0.05) is 42.6 Å². The predicted molar refractivity (Wildman–Crippen MR) is 137 cm³/mol. The average molecular weight is 487 g/mol. The Bertz CT molecular complexity index is 1350.